The Labute approximate surface area is 132 Å². The molecule has 0 aliphatic rings. The Balaban J connectivity index is 1.54. The Kier molecular flexibility index (Phi) is 3.16. The molecular weight excluding hydrogens is 288 g/mol. The van der Waals surface area contributed by atoms with Crippen molar-refractivity contribution in [3.63, 3.8) is 0 Å². The molecule has 2 heterocycles. The second-order valence-corrected chi connectivity index (χ2v) is 5.25. The van der Waals surface area contributed by atoms with E-state index in [-0.39, 0.29) is 5.91 Å². The topological polar surface area (TPSA) is 62.7 Å². The van der Waals surface area contributed by atoms with Crippen molar-refractivity contribution in [2.75, 3.05) is 5.32 Å². The number of benzene rings is 2. The maximum atomic E-state index is 12.3. The Morgan fingerprint density at radius 2 is 1.96 bits per heavy atom. The van der Waals surface area contributed by atoms with Crippen LogP contribution < -0.4 is 5.32 Å². The van der Waals surface area contributed by atoms with Crippen molar-refractivity contribution in [3.05, 3.63) is 79.0 Å². The summed E-state index contributed by atoms with van der Waals surface area (Å²) in [5.41, 5.74) is 3.41. The van der Waals surface area contributed by atoms with Crippen molar-refractivity contribution in [3.8, 4) is 5.69 Å². The molecule has 0 aliphatic carbocycles. The van der Waals surface area contributed by atoms with Gasteiger partial charge in [0.1, 0.15) is 0 Å². The van der Waals surface area contributed by atoms with Gasteiger partial charge in [0.15, 0.2) is 0 Å². The summed E-state index contributed by atoms with van der Waals surface area (Å²) in [5.74, 6) is -0.128. The van der Waals surface area contributed by atoms with Gasteiger partial charge in [0, 0.05) is 46.4 Å². The van der Waals surface area contributed by atoms with Crippen LogP contribution in [0.1, 0.15) is 10.4 Å². The first-order valence-corrected chi connectivity index (χ1v) is 7.26. The molecule has 2 N–H and O–H groups in total. The number of aromatic nitrogens is 3. The highest BCUT2D eigenvalue weighted by Gasteiger charge is 2.07. The predicted molar refractivity (Wildman–Crippen MR) is 89.8 cm³/mol. The summed E-state index contributed by atoms with van der Waals surface area (Å²) >= 11 is 0. The van der Waals surface area contributed by atoms with Gasteiger partial charge in [-0.15, -0.1) is 0 Å². The van der Waals surface area contributed by atoms with E-state index in [2.05, 4.69) is 15.3 Å². The molecule has 2 aromatic heterocycles. The molecule has 112 valence electrons. The lowest BCUT2D eigenvalue weighted by molar-refractivity contribution is 0.102. The molecule has 2 aromatic carbocycles. The lowest BCUT2D eigenvalue weighted by atomic mass is 10.1. The first-order chi connectivity index (χ1) is 11.3. The van der Waals surface area contributed by atoms with Crippen molar-refractivity contribution < 1.29 is 4.79 Å². The SMILES string of the molecule is O=C(Nc1ccc2[nH]ccc2c1)c1ccc(-n2ccnc2)cc1. The van der Waals surface area contributed by atoms with Gasteiger partial charge in [-0.2, -0.15) is 0 Å². The van der Waals surface area contributed by atoms with Crippen LogP contribution in [-0.4, -0.2) is 20.4 Å². The minimum absolute atomic E-state index is 0.128. The van der Waals surface area contributed by atoms with Crippen molar-refractivity contribution in [1.29, 1.82) is 0 Å². The molecule has 4 aromatic rings. The molecule has 5 nitrogen and oxygen atoms in total. The van der Waals surface area contributed by atoms with E-state index in [0.29, 0.717) is 5.56 Å². The Hall–Kier alpha value is -3.34. The average Bonchev–Trinajstić information content (AvgIpc) is 3.26. The van der Waals surface area contributed by atoms with Crippen LogP contribution in [0.5, 0.6) is 0 Å². The maximum Gasteiger partial charge on any atom is 0.255 e. The Morgan fingerprint density at radius 3 is 2.74 bits per heavy atom. The first-order valence-electron chi connectivity index (χ1n) is 7.26. The molecule has 0 radical (unpaired) electrons. The van der Waals surface area contributed by atoms with Gasteiger partial charge in [-0.3, -0.25) is 4.79 Å². The molecule has 23 heavy (non-hydrogen) atoms. The van der Waals surface area contributed by atoms with Gasteiger partial charge in [0.25, 0.3) is 5.91 Å². The third kappa shape index (κ3) is 2.60. The number of H-pyrrole nitrogens is 1. The van der Waals surface area contributed by atoms with Gasteiger partial charge in [0.05, 0.1) is 6.33 Å². The summed E-state index contributed by atoms with van der Waals surface area (Å²) in [6, 6.07) is 15.2. The van der Waals surface area contributed by atoms with Gasteiger partial charge >= 0.3 is 0 Å². The molecule has 1 amide bonds. The number of hydrogen-bond acceptors (Lipinski definition) is 2. The number of anilines is 1. The molecule has 0 saturated carbocycles. The Bertz CT molecular complexity index is 952. The van der Waals surface area contributed by atoms with E-state index >= 15 is 0 Å². The fraction of sp³-hybridized carbons (Fsp3) is 0. The summed E-state index contributed by atoms with van der Waals surface area (Å²) in [7, 11) is 0. The van der Waals surface area contributed by atoms with E-state index in [9.17, 15) is 4.79 Å². The number of amides is 1. The largest absolute Gasteiger partial charge is 0.361 e. The molecular formula is C18H14N4O. The van der Waals surface area contributed by atoms with Crippen molar-refractivity contribution in [1.82, 2.24) is 14.5 Å². The maximum absolute atomic E-state index is 12.3. The summed E-state index contributed by atoms with van der Waals surface area (Å²) < 4.78 is 1.89. The summed E-state index contributed by atoms with van der Waals surface area (Å²) in [6.45, 7) is 0. The number of imidazole rings is 1. The van der Waals surface area contributed by atoms with E-state index in [1.807, 2.05) is 53.4 Å². The third-order valence-corrected chi connectivity index (χ3v) is 3.74. The molecule has 0 bridgehead atoms. The van der Waals surface area contributed by atoms with Crippen molar-refractivity contribution in [2.45, 2.75) is 0 Å². The second-order valence-electron chi connectivity index (χ2n) is 5.25. The summed E-state index contributed by atoms with van der Waals surface area (Å²) in [5, 5.41) is 3.99. The number of rotatable bonds is 3. The monoisotopic (exact) mass is 302 g/mol. The van der Waals surface area contributed by atoms with E-state index in [0.717, 1.165) is 22.3 Å². The number of carbonyl (C=O) groups excluding carboxylic acids is 1. The van der Waals surface area contributed by atoms with E-state index in [1.165, 1.54) is 0 Å². The summed E-state index contributed by atoms with van der Waals surface area (Å²) in [4.78, 5) is 19.5. The third-order valence-electron chi connectivity index (χ3n) is 3.74. The van der Waals surface area contributed by atoms with Crippen LogP contribution in [0.2, 0.25) is 0 Å². The van der Waals surface area contributed by atoms with E-state index < -0.39 is 0 Å². The number of carbonyl (C=O) groups is 1. The van der Waals surface area contributed by atoms with Crippen LogP contribution in [0.25, 0.3) is 16.6 Å². The quantitative estimate of drug-likeness (QED) is 0.607. The number of nitrogens with zero attached hydrogens (tertiary/aromatic N) is 2. The van der Waals surface area contributed by atoms with Crippen LogP contribution >= 0.6 is 0 Å². The number of nitrogens with one attached hydrogen (secondary N) is 2. The standard InChI is InChI=1S/C18H14N4O/c23-18(21-15-3-6-17-14(11-15)7-8-20-17)13-1-4-16(5-2-13)22-10-9-19-12-22/h1-12,20H,(H,21,23). The highest BCUT2D eigenvalue weighted by molar-refractivity contribution is 6.05. The minimum Gasteiger partial charge on any atom is -0.361 e. The molecule has 5 heteroatoms. The predicted octanol–water partition coefficient (Wildman–Crippen LogP) is 3.61. The zero-order valence-electron chi connectivity index (χ0n) is 12.2. The normalized spacial score (nSPS) is 10.8. The van der Waals surface area contributed by atoms with Gasteiger partial charge < -0.3 is 14.9 Å². The molecule has 0 spiro atoms. The highest BCUT2D eigenvalue weighted by atomic mass is 16.1. The van der Waals surface area contributed by atoms with Crippen LogP contribution in [0.3, 0.4) is 0 Å². The molecule has 0 atom stereocenters. The molecule has 0 unspecified atom stereocenters. The summed E-state index contributed by atoms with van der Waals surface area (Å²) in [6.07, 6.45) is 7.19. The van der Waals surface area contributed by atoms with Crippen molar-refractivity contribution >= 4 is 22.5 Å². The average molecular weight is 302 g/mol. The van der Waals surface area contributed by atoms with Crippen LogP contribution in [0, 0.1) is 0 Å². The number of hydrogen-bond donors (Lipinski definition) is 2. The van der Waals surface area contributed by atoms with Gasteiger partial charge in [-0.05, 0) is 48.5 Å². The van der Waals surface area contributed by atoms with E-state index in [4.69, 9.17) is 0 Å². The molecule has 4 rings (SSSR count). The lowest BCUT2D eigenvalue weighted by Crippen LogP contribution is -2.11. The zero-order chi connectivity index (χ0) is 15.6. The molecule has 0 saturated heterocycles. The van der Waals surface area contributed by atoms with Gasteiger partial charge in [0.2, 0.25) is 0 Å². The number of fused-ring (bicyclic) bond motifs is 1. The zero-order valence-corrected chi connectivity index (χ0v) is 12.2. The van der Waals surface area contributed by atoms with Crippen LogP contribution in [-0.2, 0) is 0 Å². The fourth-order valence-corrected chi connectivity index (χ4v) is 2.53. The fourth-order valence-electron chi connectivity index (χ4n) is 2.53. The van der Waals surface area contributed by atoms with Crippen LogP contribution in [0.4, 0.5) is 5.69 Å². The van der Waals surface area contributed by atoms with Gasteiger partial charge in [-0.25, -0.2) is 4.98 Å². The molecule has 0 fully saturated rings. The molecule has 0 aliphatic heterocycles. The van der Waals surface area contributed by atoms with Gasteiger partial charge in [-0.1, -0.05) is 0 Å². The minimum atomic E-state index is -0.128. The number of aromatic amines is 1. The highest BCUT2D eigenvalue weighted by Crippen LogP contribution is 2.19. The first kappa shape index (κ1) is 13.3. The lowest BCUT2D eigenvalue weighted by Gasteiger charge is -2.07. The van der Waals surface area contributed by atoms with Crippen molar-refractivity contribution in [2.24, 2.45) is 0 Å². The Morgan fingerprint density at radius 1 is 1.09 bits per heavy atom. The van der Waals surface area contributed by atoms with Crippen LogP contribution in [0.15, 0.2) is 73.4 Å². The smallest absolute Gasteiger partial charge is 0.255 e. The van der Waals surface area contributed by atoms with E-state index in [1.54, 1.807) is 24.7 Å². The second kappa shape index (κ2) is 5.46.